The number of hydrogen-bond acceptors (Lipinski definition) is 5. The standard InChI is InChI=1S/C21H21N5O2S/c1-22-20(28)24-19(27)17(14-8-4-2-5-9-14)29-21-23-18(15-12-13-15)26(25-21)16-10-6-3-7-11-16/h2-11,15,17H,12-13H2,1H3,(H2,22,24,27,28)/t17-/m1/s1. The van der Waals surface area contributed by atoms with Crippen LogP contribution in [0.15, 0.2) is 65.8 Å². The summed E-state index contributed by atoms with van der Waals surface area (Å²) in [6, 6.07) is 18.6. The van der Waals surface area contributed by atoms with Gasteiger partial charge in [0, 0.05) is 13.0 Å². The van der Waals surface area contributed by atoms with Crippen molar-refractivity contribution in [1.29, 1.82) is 0 Å². The van der Waals surface area contributed by atoms with Crippen LogP contribution in [-0.4, -0.2) is 33.8 Å². The van der Waals surface area contributed by atoms with Crippen LogP contribution in [0.2, 0.25) is 0 Å². The van der Waals surface area contributed by atoms with Crippen LogP contribution in [0.5, 0.6) is 0 Å². The van der Waals surface area contributed by atoms with Gasteiger partial charge in [-0.25, -0.2) is 14.5 Å². The molecule has 1 saturated carbocycles. The van der Waals surface area contributed by atoms with Gasteiger partial charge in [-0.3, -0.25) is 10.1 Å². The predicted molar refractivity (Wildman–Crippen MR) is 111 cm³/mol. The van der Waals surface area contributed by atoms with Gasteiger partial charge in [0.25, 0.3) is 0 Å². The minimum Gasteiger partial charge on any atom is -0.341 e. The summed E-state index contributed by atoms with van der Waals surface area (Å²) < 4.78 is 1.86. The molecule has 2 N–H and O–H groups in total. The number of carbonyl (C=O) groups is 2. The fourth-order valence-corrected chi connectivity index (χ4v) is 3.91. The second-order valence-corrected chi connectivity index (χ2v) is 7.82. The van der Waals surface area contributed by atoms with Crippen LogP contribution >= 0.6 is 11.8 Å². The molecule has 1 atom stereocenters. The van der Waals surface area contributed by atoms with Crippen molar-refractivity contribution in [2.45, 2.75) is 29.2 Å². The fourth-order valence-electron chi connectivity index (χ4n) is 2.97. The third-order valence-corrected chi connectivity index (χ3v) is 5.69. The summed E-state index contributed by atoms with van der Waals surface area (Å²) in [5.41, 5.74) is 1.72. The van der Waals surface area contributed by atoms with E-state index in [1.807, 2.05) is 65.3 Å². The molecule has 0 spiro atoms. The van der Waals surface area contributed by atoms with Gasteiger partial charge in [0.2, 0.25) is 11.1 Å². The van der Waals surface area contributed by atoms with E-state index in [2.05, 4.69) is 15.7 Å². The van der Waals surface area contributed by atoms with Gasteiger partial charge >= 0.3 is 6.03 Å². The second kappa shape index (κ2) is 8.48. The highest BCUT2D eigenvalue weighted by Crippen LogP contribution is 2.42. The molecule has 2 aromatic carbocycles. The van der Waals surface area contributed by atoms with E-state index in [1.165, 1.54) is 18.8 Å². The molecular weight excluding hydrogens is 386 g/mol. The first-order valence-corrected chi connectivity index (χ1v) is 10.3. The molecular formula is C21H21N5O2S. The number of aromatic nitrogens is 3. The van der Waals surface area contributed by atoms with Crippen LogP contribution in [0.25, 0.3) is 5.69 Å². The summed E-state index contributed by atoms with van der Waals surface area (Å²) in [5.74, 6) is 0.897. The van der Waals surface area contributed by atoms with Gasteiger partial charge in [-0.1, -0.05) is 60.3 Å². The molecule has 0 unspecified atom stereocenters. The minimum atomic E-state index is -0.646. The van der Waals surface area contributed by atoms with Crippen LogP contribution in [-0.2, 0) is 4.79 Å². The van der Waals surface area contributed by atoms with Crippen molar-refractivity contribution in [3.8, 4) is 5.69 Å². The van der Waals surface area contributed by atoms with Gasteiger partial charge in [0.1, 0.15) is 11.1 Å². The highest BCUT2D eigenvalue weighted by molar-refractivity contribution is 8.00. The Morgan fingerprint density at radius 2 is 1.72 bits per heavy atom. The van der Waals surface area contributed by atoms with Gasteiger partial charge in [-0.05, 0) is 30.5 Å². The van der Waals surface area contributed by atoms with Crippen LogP contribution in [0.1, 0.15) is 35.4 Å². The SMILES string of the molecule is CNC(=O)NC(=O)[C@H](Sc1nc(C2CC2)n(-c2ccccc2)n1)c1ccccc1. The number of imide groups is 1. The van der Waals surface area contributed by atoms with Crippen molar-refractivity contribution < 1.29 is 9.59 Å². The van der Waals surface area contributed by atoms with E-state index in [1.54, 1.807) is 0 Å². The molecule has 148 valence electrons. The summed E-state index contributed by atoms with van der Waals surface area (Å²) in [5, 5.41) is 9.31. The van der Waals surface area contributed by atoms with E-state index in [4.69, 9.17) is 4.98 Å². The molecule has 0 saturated heterocycles. The largest absolute Gasteiger partial charge is 0.341 e. The van der Waals surface area contributed by atoms with E-state index in [0.29, 0.717) is 11.1 Å². The molecule has 29 heavy (non-hydrogen) atoms. The Balaban J connectivity index is 1.65. The number of carbonyl (C=O) groups excluding carboxylic acids is 2. The number of para-hydroxylation sites is 1. The first-order chi connectivity index (χ1) is 14.2. The number of rotatable bonds is 6. The third kappa shape index (κ3) is 4.48. The number of amides is 3. The lowest BCUT2D eigenvalue weighted by Gasteiger charge is -2.14. The van der Waals surface area contributed by atoms with Crippen molar-refractivity contribution in [1.82, 2.24) is 25.4 Å². The van der Waals surface area contributed by atoms with Gasteiger partial charge in [-0.2, -0.15) is 0 Å². The zero-order valence-corrected chi connectivity index (χ0v) is 16.7. The Morgan fingerprint density at radius 1 is 1.07 bits per heavy atom. The van der Waals surface area contributed by atoms with Crippen molar-refractivity contribution >= 4 is 23.7 Å². The first-order valence-electron chi connectivity index (χ1n) is 9.42. The molecule has 0 bridgehead atoms. The molecule has 0 radical (unpaired) electrons. The highest BCUT2D eigenvalue weighted by Gasteiger charge is 2.32. The topological polar surface area (TPSA) is 88.9 Å². The average molecular weight is 407 g/mol. The molecule has 3 aromatic rings. The van der Waals surface area contributed by atoms with Crippen LogP contribution in [0.3, 0.4) is 0 Å². The maximum Gasteiger partial charge on any atom is 0.321 e. The zero-order valence-electron chi connectivity index (χ0n) is 15.9. The summed E-state index contributed by atoms with van der Waals surface area (Å²) in [4.78, 5) is 29.2. The normalized spacial score (nSPS) is 14.2. The Labute approximate surface area is 172 Å². The maximum atomic E-state index is 12.8. The lowest BCUT2D eigenvalue weighted by atomic mass is 10.1. The van der Waals surface area contributed by atoms with Gasteiger partial charge in [-0.15, -0.1) is 5.10 Å². The number of urea groups is 1. The molecule has 1 aliphatic carbocycles. The Kier molecular flexibility index (Phi) is 5.62. The lowest BCUT2D eigenvalue weighted by molar-refractivity contribution is -0.119. The zero-order chi connectivity index (χ0) is 20.2. The number of nitrogens with one attached hydrogen (secondary N) is 2. The Morgan fingerprint density at radius 3 is 2.34 bits per heavy atom. The summed E-state index contributed by atoms with van der Waals surface area (Å²) in [6.07, 6.45) is 2.18. The smallest absolute Gasteiger partial charge is 0.321 e. The molecule has 4 rings (SSSR count). The van der Waals surface area contributed by atoms with E-state index < -0.39 is 17.2 Å². The van der Waals surface area contributed by atoms with E-state index in [0.717, 1.165) is 29.9 Å². The minimum absolute atomic E-state index is 0.395. The Hall–Kier alpha value is -3.13. The summed E-state index contributed by atoms with van der Waals surface area (Å²) in [7, 11) is 1.47. The van der Waals surface area contributed by atoms with Crippen molar-refractivity contribution in [2.75, 3.05) is 7.05 Å². The molecule has 3 amide bonds. The summed E-state index contributed by atoms with van der Waals surface area (Å²) in [6.45, 7) is 0. The van der Waals surface area contributed by atoms with E-state index in [9.17, 15) is 9.59 Å². The molecule has 7 nitrogen and oxygen atoms in total. The third-order valence-electron chi connectivity index (χ3n) is 4.58. The molecule has 1 aromatic heterocycles. The first kappa shape index (κ1) is 19.2. The quantitative estimate of drug-likeness (QED) is 0.611. The number of nitrogens with zero attached hydrogens (tertiary/aromatic N) is 3. The Bertz CT molecular complexity index is 1000. The number of thioether (sulfide) groups is 1. The van der Waals surface area contributed by atoms with E-state index >= 15 is 0 Å². The summed E-state index contributed by atoms with van der Waals surface area (Å²) >= 11 is 1.24. The maximum absolute atomic E-state index is 12.8. The fraction of sp³-hybridized carbons (Fsp3) is 0.238. The average Bonchev–Trinajstić information content (AvgIpc) is 3.52. The van der Waals surface area contributed by atoms with E-state index in [-0.39, 0.29) is 0 Å². The van der Waals surface area contributed by atoms with Crippen LogP contribution in [0, 0.1) is 0 Å². The van der Waals surface area contributed by atoms with Gasteiger partial charge < -0.3 is 5.32 Å². The second-order valence-electron chi connectivity index (χ2n) is 6.75. The van der Waals surface area contributed by atoms with Gasteiger partial charge in [0.05, 0.1) is 5.69 Å². The molecule has 1 fully saturated rings. The highest BCUT2D eigenvalue weighted by atomic mass is 32.2. The van der Waals surface area contributed by atoms with Gasteiger partial charge in [0.15, 0.2) is 0 Å². The van der Waals surface area contributed by atoms with Crippen LogP contribution < -0.4 is 10.6 Å². The number of benzene rings is 2. The molecule has 0 aliphatic heterocycles. The molecule has 8 heteroatoms. The number of hydrogen-bond donors (Lipinski definition) is 2. The van der Waals surface area contributed by atoms with Crippen LogP contribution in [0.4, 0.5) is 4.79 Å². The molecule has 1 heterocycles. The predicted octanol–water partition coefficient (Wildman–Crippen LogP) is 3.43. The van der Waals surface area contributed by atoms with Crippen molar-refractivity contribution in [3.63, 3.8) is 0 Å². The lowest BCUT2D eigenvalue weighted by Crippen LogP contribution is -2.39. The van der Waals surface area contributed by atoms with Crippen molar-refractivity contribution in [3.05, 3.63) is 72.1 Å². The molecule has 1 aliphatic rings. The monoisotopic (exact) mass is 407 g/mol. The van der Waals surface area contributed by atoms with Crippen molar-refractivity contribution in [2.24, 2.45) is 0 Å².